The van der Waals surface area contributed by atoms with E-state index in [0.717, 1.165) is 0 Å². The first kappa shape index (κ1) is 13.5. The number of halogens is 1. The Kier molecular flexibility index (Phi) is 4.92. The molecule has 0 aromatic heterocycles. The third kappa shape index (κ3) is 3.18. The zero-order valence-electron chi connectivity index (χ0n) is 10.1. The highest BCUT2D eigenvalue weighted by atomic mass is 35.5. The molecule has 92 valence electrons. The molecule has 17 heavy (non-hydrogen) atoms. The summed E-state index contributed by atoms with van der Waals surface area (Å²) in [6.45, 7) is 1.93. The molecule has 0 aliphatic rings. The van der Waals surface area contributed by atoms with Crippen LogP contribution in [0.25, 0.3) is 0 Å². The van der Waals surface area contributed by atoms with Crippen molar-refractivity contribution in [2.24, 2.45) is 0 Å². The Labute approximate surface area is 106 Å². The van der Waals surface area contributed by atoms with Crippen molar-refractivity contribution in [2.45, 2.75) is 19.4 Å². The van der Waals surface area contributed by atoms with E-state index in [2.05, 4.69) is 11.4 Å². The Hall–Kier alpha value is -1.60. The molecule has 0 saturated heterocycles. The molecule has 0 spiro atoms. The van der Waals surface area contributed by atoms with Crippen LogP contribution in [-0.2, 0) is 0 Å². The van der Waals surface area contributed by atoms with Crippen molar-refractivity contribution in [3.63, 3.8) is 0 Å². The smallest absolute Gasteiger partial charge is 0.143 e. The Morgan fingerprint density at radius 2 is 2.00 bits per heavy atom. The number of hydrogen-bond donors (Lipinski definition) is 1. The van der Waals surface area contributed by atoms with E-state index in [1.54, 1.807) is 26.4 Å². The second-order valence-corrected chi connectivity index (χ2v) is 3.83. The van der Waals surface area contributed by atoms with Crippen LogP contribution in [0.15, 0.2) is 12.1 Å². The van der Waals surface area contributed by atoms with Crippen molar-refractivity contribution in [3.8, 4) is 17.6 Å². The average Bonchev–Trinajstić information content (AvgIpc) is 2.36. The summed E-state index contributed by atoms with van der Waals surface area (Å²) in [6.07, 6.45) is 0.699. The summed E-state index contributed by atoms with van der Waals surface area (Å²) < 4.78 is 10.3. The van der Waals surface area contributed by atoms with Crippen LogP contribution in [0.3, 0.4) is 0 Å². The van der Waals surface area contributed by atoms with Crippen molar-refractivity contribution in [1.82, 2.24) is 0 Å². The van der Waals surface area contributed by atoms with Gasteiger partial charge in [0.25, 0.3) is 0 Å². The number of rotatable bonds is 5. The van der Waals surface area contributed by atoms with Crippen molar-refractivity contribution < 1.29 is 9.47 Å². The first-order valence-corrected chi connectivity index (χ1v) is 5.61. The lowest BCUT2D eigenvalue weighted by atomic mass is 10.2. The standard InChI is InChI=1S/C12H15ClN2O2/c1-4-8(7-14)15-10-6-11(16-2)9(13)5-12(10)17-3/h5-6,8,15H,4H2,1-3H3. The first-order valence-electron chi connectivity index (χ1n) is 5.23. The van der Waals surface area contributed by atoms with Gasteiger partial charge in [-0.3, -0.25) is 0 Å². The fourth-order valence-electron chi connectivity index (χ4n) is 1.39. The van der Waals surface area contributed by atoms with Gasteiger partial charge in [0.1, 0.15) is 17.5 Å². The molecule has 0 aliphatic heterocycles. The van der Waals surface area contributed by atoms with Gasteiger partial charge in [0.05, 0.1) is 31.0 Å². The highest BCUT2D eigenvalue weighted by Crippen LogP contribution is 2.36. The van der Waals surface area contributed by atoms with Crippen LogP contribution in [0.4, 0.5) is 5.69 Å². The van der Waals surface area contributed by atoms with Gasteiger partial charge < -0.3 is 14.8 Å². The average molecular weight is 255 g/mol. The van der Waals surface area contributed by atoms with Crippen molar-refractivity contribution in [2.75, 3.05) is 19.5 Å². The van der Waals surface area contributed by atoms with Crippen molar-refractivity contribution >= 4 is 17.3 Å². The fraction of sp³-hybridized carbons (Fsp3) is 0.417. The summed E-state index contributed by atoms with van der Waals surface area (Å²) in [5, 5.41) is 12.5. The Morgan fingerprint density at radius 3 is 2.47 bits per heavy atom. The molecule has 1 unspecified atom stereocenters. The number of ether oxygens (including phenoxy) is 2. The van der Waals surface area contributed by atoms with Crippen LogP contribution in [0, 0.1) is 11.3 Å². The van der Waals surface area contributed by atoms with Crippen LogP contribution < -0.4 is 14.8 Å². The second kappa shape index (κ2) is 6.21. The predicted octanol–water partition coefficient (Wildman–Crippen LogP) is 3.07. The van der Waals surface area contributed by atoms with E-state index in [4.69, 9.17) is 26.3 Å². The molecular formula is C12H15ClN2O2. The van der Waals surface area contributed by atoms with Gasteiger partial charge in [-0.1, -0.05) is 18.5 Å². The number of anilines is 1. The fourth-order valence-corrected chi connectivity index (χ4v) is 1.62. The summed E-state index contributed by atoms with van der Waals surface area (Å²) in [4.78, 5) is 0. The second-order valence-electron chi connectivity index (χ2n) is 3.42. The molecular weight excluding hydrogens is 240 g/mol. The molecule has 0 aliphatic carbocycles. The molecule has 0 amide bonds. The van der Waals surface area contributed by atoms with Crippen LogP contribution in [-0.4, -0.2) is 20.3 Å². The number of hydrogen-bond acceptors (Lipinski definition) is 4. The molecule has 0 saturated carbocycles. The van der Waals surface area contributed by atoms with E-state index in [0.29, 0.717) is 28.6 Å². The lowest BCUT2D eigenvalue weighted by Gasteiger charge is -2.16. The Bertz CT molecular complexity index is 429. The third-order valence-electron chi connectivity index (χ3n) is 2.37. The zero-order valence-corrected chi connectivity index (χ0v) is 10.8. The van der Waals surface area contributed by atoms with Gasteiger partial charge in [-0.15, -0.1) is 0 Å². The Morgan fingerprint density at radius 1 is 1.35 bits per heavy atom. The van der Waals surface area contributed by atoms with Gasteiger partial charge >= 0.3 is 0 Å². The third-order valence-corrected chi connectivity index (χ3v) is 2.66. The number of nitrogens with one attached hydrogen (secondary N) is 1. The minimum Gasteiger partial charge on any atom is -0.495 e. The molecule has 0 bridgehead atoms. The maximum absolute atomic E-state index is 8.92. The molecule has 1 rings (SSSR count). The lowest BCUT2D eigenvalue weighted by Crippen LogP contribution is -2.16. The molecule has 1 atom stereocenters. The molecule has 0 radical (unpaired) electrons. The monoisotopic (exact) mass is 254 g/mol. The van der Waals surface area contributed by atoms with Gasteiger partial charge in [-0.05, 0) is 6.42 Å². The summed E-state index contributed by atoms with van der Waals surface area (Å²) in [5.74, 6) is 1.13. The molecule has 5 heteroatoms. The van der Waals surface area contributed by atoms with E-state index in [-0.39, 0.29) is 6.04 Å². The molecule has 1 aromatic carbocycles. The van der Waals surface area contributed by atoms with E-state index in [1.807, 2.05) is 6.92 Å². The maximum Gasteiger partial charge on any atom is 0.143 e. The van der Waals surface area contributed by atoms with Crippen molar-refractivity contribution in [1.29, 1.82) is 5.26 Å². The minimum absolute atomic E-state index is 0.269. The van der Waals surface area contributed by atoms with E-state index < -0.39 is 0 Å². The molecule has 0 heterocycles. The number of methoxy groups -OCH3 is 2. The normalized spacial score (nSPS) is 11.5. The van der Waals surface area contributed by atoms with Crippen molar-refractivity contribution in [3.05, 3.63) is 17.2 Å². The maximum atomic E-state index is 8.92. The van der Waals surface area contributed by atoms with Crippen LogP contribution in [0.2, 0.25) is 5.02 Å². The van der Waals surface area contributed by atoms with Crippen LogP contribution in [0.5, 0.6) is 11.5 Å². The minimum atomic E-state index is -0.269. The van der Waals surface area contributed by atoms with Gasteiger partial charge in [0.2, 0.25) is 0 Å². The molecule has 0 fully saturated rings. The lowest BCUT2D eigenvalue weighted by molar-refractivity contribution is 0.404. The topological polar surface area (TPSA) is 54.3 Å². The summed E-state index contributed by atoms with van der Waals surface area (Å²) in [5.41, 5.74) is 0.696. The SMILES string of the molecule is CCC(C#N)Nc1cc(OC)c(Cl)cc1OC. The summed E-state index contributed by atoms with van der Waals surface area (Å²) in [6, 6.07) is 5.28. The van der Waals surface area contributed by atoms with E-state index in [1.165, 1.54) is 0 Å². The highest BCUT2D eigenvalue weighted by molar-refractivity contribution is 6.32. The van der Waals surface area contributed by atoms with E-state index >= 15 is 0 Å². The molecule has 4 nitrogen and oxygen atoms in total. The first-order chi connectivity index (χ1) is 8.15. The van der Waals surface area contributed by atoms with Gasteiger partial charge in [-0.2, -0.15) is 5.26 Å². The quantitative estimate of drug-likeness (QED) is 0.877. The summed E-state index contributed by atoms with van der Waals surface area (Å²) >= 11 is 5.99. The Balaban J connectivity index is 3.08. The molecule has 1 N–H and O–H groups in total. The number of nitrogens with zero attached hydrogens (tertiary/aromatic N) is 1. The summed E-state index contributed by atoms with van der Waals surface area (Å²) in [7, 11) is 3.09. The number of nitriles is 1. The largest absolute Gasteiger partial charge is 0.495 e. The van der Waals surface area contributed by atoms with E-state index in [9.17, 15) is 0 Å². The zero-order chi connectivity index (χ0) is 12.8. The van der Waals surface area contributed by atoms with Gasteiger partial charge in [0.15, 0.2) is 0 Å². The number of benzene rings is 1. The van der Waals surface area contributed by atoms with Gasteiger partial charge in [-0.25, -0.2) is 0 Å². The molecule has 1 aromatic rings. The van der Waals surface area contributed by atoms with Crippen LogP contribution in [0.1, 0.15) is 13.3 Å². The highest BCUT2D eigenvalue weighted by Gasteiger charge is 2.12. The predicted molar refractivity (Wildman–Crippen MR) is 67.9 cm³/mol. The van der Waals surface area contributed by atoms with Crippen LogP contribution >= 0.6 is 11.6 Å². The van der Waals surface area contributed by atoms with Gasteiger partial charge in [0, 0.05) is 12.1 Å².